The number of para-hydroxylation sites is 1. The highest BCUT2D eigenvalue weighted by Crippen LogP contribution is 2.18. The monoisotopic (exact) mass is 700 g/mol. The van der Waals surface area contributed by atoms with Gasteiger partial charge in [-0.05, 0) is 66.6 Å². The quantitative estimate of drug-likeness (QED) is 0.109. The molecule has 3 atom stereocenters. The first-order chi connectivity index (χ1) is 23.4. The van der Waals surface area contributed by atoms with Gasteiger partial charge in [-0.1, -0.05) is 76.1 Å². The molecule has 0 aliphatic rings. The average Bonchev–Trinajstić information content (AvgIpc) is 3.06. The maximum absolute atomic E-state index is 14.1. The molecule has 268 valence electrons. The molecule has 5 N–H and O–H groups in total. The summed E-state index contributed by atoms with van der Waals surface area (Å²) in [7, 11) is -3.85. The lowest BCUT2D eigenvalue weighted by Crippen LogP contribution is -2.57. The van der Waals surface area contributed by atoms with Gasteiger partial charge in [-0.15, -0.1) is 0 Å². The van der Waals surface area contributed by atoms with Gasteiger partial charge in [0.25, 0.3) is 0 Å². The largest absolute Gasteiger partial charge is 0.390 e. The van der Waals surface area contributed by atoms with E-state index in [9.17, 15) is 31.9 Å². The maximum Gasteiger partial charge on any atom is 0.243 e. The van der Waals surface area contributed by atoms with Gasteiger partial charge in [-0.3, -0.25) is 9.59 Å². The number of aliphatic hydroxyl groups excluding tert-OH is 1. The van der Waals surface area contributed by atoms with Crippen molar-refractivity contribution in [2.24, 2.45) is 0 Å². The van der Waals surface area contributed by atoms with Crippen LogP contribution in [0.15, 0.2) is 72.8 Å². The molecule has 0 spiro atoms. The molecule has 0 unspecified atom stereocenters. The van der Waals surface area contributed by atoms with Crippen molar-refractivity contribution in [3.8, 4) is 0 Å². The van der Waals surface area contributed by atoms with Gasteiger partial charge < -0.3 is 26.4 Å². The molecule has 0 heterocycles. The Hall–Kier alpha value is -3.87. The molecule has 0 radical (unpaired) electrons. The molecule has 0 fully saturated rings. The van der Waals surface area contributed by atoms with Crippen LogP contribution in [0.4, 0.5) is 14.5 Å². The van der Waals surface area contributed by atoms with Gasteiger partial charge in [0.1, 0.15) is 17.7 Å². The molecule has 0 aromatic heterocycles. The summed E-state index contributed by atoms with van der Waals surface area (Å²) in [4.78, 5) is 26.9. The summed E-state index contributed by atoms with van der Waals surface area (Å²) in [5.41, 5.74) is 2.99. The Balaban J connectivity index is 1.84. The molecule has 3 rings (SSSR count). The number of rotatable bonds is 21. The molecule has 0 aliphatic carbocycles. The molecule has 0 aliphatic heterocycles. The van der Waals surface area contributed by atoms with Crippen molar-refractivity contribution >= 4 is 27.3 Å². The molecule has 0 bridgehead atoms. The number of anilines is 1. The highest BCUT2D eigenvalue weighted by atomic mass is 32.2. The van der Waals surface area contributed by atoms with Crippen LogP contribution in [0.2, 0.25) is 0 Å². The van der Waals surface area contributed by atoms with E-state index in [1.807, 2.05) is 51.1 Å². The summed E-state index contributed by atoms with van der Waals surface area (Å²) in [5, 5.41) is 22.0. The lowest BCUT2D eigenvalue weighted by Gasteiger charge is -2.28. The number of carbonyl (C=O) groups excluding carboxylic acids is 2. The Kier molecular flexibility index (Phi) is 16.1. The SMILES string of the molecule is CCCC(CCC)S(=O)(=O)C[C@@H](NC(=O)CNc1ccccc1)C(=O)N[C@@H](Cc1cc(F)cc(F)c1)[C@H](O)CNCc1cccc(CC)c1. The first kappa shape index (κ1) is 39.6. The van der Waals surface area contributed by atoms with Gasteiger partial charge in [0.2, 0.25) is 11.8 Å². The third-order valence-corrected chi connectivity index (χ3v) is 10.5. The Morgan fingerprint density at radius 3 is 2.10 bits per heavy atom. The van der Waals surface area contributed by atoms with Crippen molar-refractivity contribution in [1.29, 1.82) is 0 Å². The van der Waals surface area contributed by atoms with Crippen LogP contribution in [0, 0.1) is 11.6 Å². The molecule has 12 heteroatoms. The summed E-state index contributed by atoms with van der Waals surface area (Å²) in [6.07, 6.45) is 1.53. The summed E-state index contributed by atoms with van der Waals surface area (Å²) in [5.74, 6) is -3.72. The van der Waals surface area contributed by atoms with Crippen molar-refractivity contribution in [2.75, 3.05) is 24.2 Å². The van der Waals surface area contributed by atoms with Crippen LogP contribution in [-0.2, 0) is 38.8 Å². The Morgan fingerprint density at radius 1 is 0.816 bits per heavy atom. The van der Waals surface area contributed by atoms with Crippen molar-refractivity contribution in [2.45, 2.75) is 89.3 Å². The zero-order valence-electron chi connectivity index (χ0n) is 28.6. The van der Waals surface area contributed by atoms with Crippen LogP contribution in [0.3, 0.4) is 0 Å². The predicted molar refractivity (Wildman–Crippen MR) is 190 cm³/mol. The lowest BCUT2D eigenvalue weighted by molar-refractivity contribution is -0.128. The Bertz CT molecular complexity index is 1570. The van der Waals surface area contributed by atoms with E-state index in [0.717, 1.165) is 35.7 Å². The summed E-state index contributed by atoms with van der Waals surface area (Å²) < 4.78 is 55.5. The van der Waals surface area contributed by atoms with Gasteiger partial charge in [-0.25, -0.2) is 17.2 Å². The smallest absolute Gasteiger partial charge is 0.243 e. The van der Waals surface area contributed by atoms with E-state index in [0.29, 0.717) is 37.9 Å². The first-order valence-corrected chi connectivity index (χ1v) is 18.7. The van der Waals surface area contributed by atoms with E-state index in [1.165, 1.54) is 0 Å². The topological polar surface area (TPSA) is 137 Å². The molecule has 3 aromatic rings. The van der Waals surface area contributed by atoms with Crippen molar-refractivity contribution < 1.29 is 31.9 Å². The van der Waals surface area contributed by atoms with E-state index < -0.39 is 62.5 Å². The van der Waals surface area contributed by atoms with Gasteiger partial charge in [-0.2, -0.15) is 0 Å². The van der Waals surface area contributed by atoms with Crippen LogP contribution in [0.1, 0.15) is 63.1 Å². The third-order valence-electron chi connectivity index (χ3n) is 8.26. The minimum absolute atomic E-state index is 0.00446. The summed E-state index contributed by atoms with van der Waals surface area (Å²) in [6.45, 7) is 6.02. The Morgan fingerprint density at radius 2 is 1.47 bits per heavy atom. The number of halogens is 2. The van der Waals surface area contributed by atoms with Gasteiger partial charge in [0, 0.05) is 24.8 Å². The minimum Gasteiger partial charge on any atom is -0.390 e. The minimum atomic E-state index is -3.85. The summed E-state index contributed by atoms with van der Waals surface area (Å²) in [6, 6.07) is 17.2. The second kappa shape index (κ2) is 20.0. The normalized spacial score (nSPS) is 13.4. The van der Waals surface area contributed by atoms with Crippen LogP contribution in [-0.4, -0.2) is 67.6 Å². The van der Waals surface area contributed by atoms with E-state index in [1.54, 1.807) is 24.3 Å². The second-order valence-electron chi connectivity index (χ2n) is 12.3. The number of nitrogens with one attached hydrogen (secondary N) is 4. The average molecular weight is 701 g/mol. The number of carbonyl (C=O) groups is 2. The number of hydrogen-bond donors (Lipinski definition) is 5. The molecule has 2 amide bonds. The van der Waals surface area contributed by atoms with Crippen LogP contribution in [0.25, 0.3) is 0 Å². The van der Waals surface area contributed by atoms with Crippen LogP contribution < -0.4 is 21.3 Å². The number of benzene rings is 3. The number of hydrogen-bond acceptors (Lipinski definition) is 7. The second-order valence-corrected chi connectivity index (χ2v) is 14.7. The zero-order valence-corrected chi connectivity index (χ0v) is 29.4. The molecular weight excluding hydrogens is 650 g/mol. The number of amides is 2. The zero-order chi connectivity index (χ0) is 35.8. The van der Waals surface area contributed by atoms with E-state index in [2.05, 4.69) is 21.3 Å². The molecule has 9 nitrogen and oxygen atoms in total. The van der Waals surface area contributed by atoms with E-state index in [4.69, 9.17) is 0 Å². The lowest BCUT2D eigenvalue weighted by atomic mass is 10.00. The first-order valence-electron chi connectivity index (χ1n) is 17.0. The van der Waals surface area contributed by atoms with Gasteiger partial charge in [0.05, 0.1) is 29.7 Å². The van der Waals surface area contributed by atoms with Crippen molar-refractivity contribution in [3.05, 3.63) is 101 Å². The number of aryl methyl sites for hydroxylation is 1. The van der Waals surface area contributed by atoms with Crippen LogP contribution >= 0.6 is 0 Å². The molecule has 49 heavy (non-hydrogen) atoms. The standard InChI is InChI=1S/C37H50F2N4O5S/c1-4-11-32(12-5-2)49(47,48)25-34(42-36(45)24-41-31-15-8-7-9-16-31)37(46)43-33(20-28-18-29(38)21-30(39)19-28)35(44)23-40-22-27-14-10-13-26(6-3)17-27/h7-10,13-19,21,32-35,40-41,44H,4-6,11-12,20,22-25H2,1-3H3,(H,42,45)(H,43,46)/t33-,34+,35+/m0/s1. The fourth-order valence-electron chi connectivity index (χ4n) is 5.70. The predicted octanol–water partition coefficient (Wildman–Crippen LogP) is 4.69. The molecule has 0 saturated carbocycles. The fourth-order valence-corrected chi connectivity index (χ4v) is 7.86. The molecule has 0 saturated heterocycles. The third kappa shape index (κ3) is 13.5. The highest BCUT2D eigenvalue weighted by molar-refractivity contribution is 7.92. The van der Waals surface area contributed by atoms with Crippen LogP contribution in [0.5, 0.6) is 0 Å². The van der Waals surface area contributed by atoms with Crippen molar-refractivity contribution in [3.63, 3.8) is 0 Å². The van der Waals surface area contributed by atoms with E-state index >= 15 is 0 Å². The van der Waals surface area contributed by atoms with Gasteiger partial charge >= 0.3 is 0 Å². The highest BCUT2D eigenvalue weighted by Gasteiger charge is 2.34. The molecular formula is C37H50F2N4O5S. The maximum atomic E-state index is 14.1. The summed E-state index contributed by atoms with van der Waals surface area (Å²) >= 11 is 0. The van der Waals surface area contributed by atoms with Gasteiger partial charge in [0.15, 0.2) is 9.84 Å². The molecule has 3 aromatic carbocycles. The number of aliphatic hydroxyl groups is 1. The number of sulfone groups is 1. The Labute approximate surface area is 289 Å². The fraction of sp³-hybridized carbons (Fsp3) is 0.459. The van der Waals surface area contributed by atoms with E-state index in [-0.39, 0.29) is 25.1 Å². The van der Waals surface area contributed by atoms with Crippen molar-refractivity contribution in [1.82, 2.24) is 16.0 Å².